The molecule has 0 aliphatic rings. The van der Waals surface area contributed by atoms with Crippen LogP contribution >= 0.6 is 11.6 Å². The Morgan fingerprint density at radius 1 is 1.21 bits per heavy atom. The average molecular weight is 276 g/mol. The van der Waals surface area contributed by atoms with Crippen LogP contribution in [0.5, 0.6) is 0 Å². The normalized spacial score (nSPS) is 10.2. The Morgan fingerprint density at radius 2 is 1.95 bits per heavy atom. The van der Waals surface area contributed by atoms with Crippen LogP contribution in [0.2, 0.25) is 5.02 Å². The SMILES string of the molecule is Cc1ccccc1COC(=O)c1c(N)cccc1Cl. The van der Waals surface area contributed by atoms with Crippen LogP contribution in [0.4, 0.5) is 5.69 Å². The highest BCUT2D eigenvalue weighted by atomic mass is 35.5. The predicted octanol–water partition coefficient (Wildman–Crippen LogP) is 3.59. The number of anilines is 1. The number of nitrogen functional groups attached to an aromatic ring is 1. The van der Waals surface area contributed by atoms with Crippen molar-refractivity contribution in [1.82, 2.24) is 0 Å². The van der Waals surface area contributed by atoms with Crippen molar-refractivity contribution in [2.24, 2.45) is 0 Å². The van der Waals surface area contributed by atoms with Crippen LogP contribution in [-0.4, -0.2) is 5.97 Å². The zero-order chi connectivity index (χ0) is 13.8. The first kappa shape index (κ1) is 13.4. The fourth-order valence-corrected chi connectivity index (χ4v) is 2.00. The first-order valence-corrected chi connectivity index (χ1v) is 6.23. The number of halogens is 1. The molecule has 0 spiro atoms. The van der Waals surface area contributed by atoms with E-state index in [2.05, 4.69) is 0 Å². The van der Waals surface area contributed by atoms with Crippen LogP contribution in [-0.2, 0) is 11.3 Å². The summed E-state index contributed by atoms with van der Waals surface area (Å²) in [4.78, 5) is 12.0. The molecule has 2 rings (SSSR count). The van der Waals surface area contributed by atoms with Crippen molar-refractivity contribution in [3.8, 4) is 0 Å². The molecule has 0 saturated carbocycles. The Kier molecular flexibility index (Phi) is 4.07. The lowest BCUT2D eigenvalue weighted by Crippen LogP contribution is -2.09. The number of nitrogens with two attached hydrogens (primary N) is 1. The highest BCUT2D eigenvalue weighted by Crippen LogP contribution is 2.23. The first-order chi connectivity index (χ1) is 9.09. The molecule has 0 aromatic heterocycles. The first-order valence-electron chi connectivity index (χ1n) is 5.85. The summed E-state index contributed by atoms with van der Waals surface area (Å²) in [6.45, 7) is 2.17. The number of carbonyl (C=O) groups excluding carboxylic acids is 1. The second-order valence-electron chi connectivity index (χ2n) is 4.21. The van der Waals surface area contributed by atoms with Gasteiger partial charge in [-0.05, 0) is 30.2 Å². The minimum atomic E-state index is -0.508. The summed E-state index contributed by atoms with van der Waals surface area (Å²) in [5, 5.41) is 0.301. The number of esters is 1. The summed E-state index contributed by atoms with van der Waals surface area (Å²) in [5.41, 5.74) is 8.31. The second-order valence-corrected chi connectivity index (χ2v) is 4.61. The number of ether oxygens (including phenoxy) is 1. The summed E-state index contributed by atoms with van der Waals surface area (Å²) >= 11 is 5.96. The van der Waals surface area contributed by atoms with Gasteiger partial charge in [-0.3, -0.25) is 0 Å². The Labute approximate surface area is 117 Å². The van der Waals surface area contributed by atoms with Gasteiger partial charge in [0, 0.05) is 5.69 Å². The molecular weight excluding hydrogens is 262 g/mol. The number of rotatable bonds is 3. The molecule has 2 N–H and O–H groups in total. The number of carbonyl (C=O) groups is 1. The molecule has 0 heterocycles. The largest absolute Gasteiger partial charge is 0.457 e. The molecule has 3 nitrogen and oxygen atoms in total. The summed E-state index contributed by atoms with van der Waals surface area (Å²) in [7, 11) is 0. The molecule has 0 radical (unpaired) electrons. The molecule has 98 valence electrons. The maximum atomic E-state index is 12.0. The van der Waals surface area contributed by atoms with E-state index in [1.54, 1.807) is 18.2 Å². The third-order valence-electron chi connectivity index (χ3n) is 2.87. The number of aryl methyl sites for hydroxylation is 1. The minimum absolute atomic E-state index is 0.205. The number of benzene rings is 2. The molecule has 0 saturated heterocycles. The van der Waals surface area contributed by atoms with Crippen LogP contribution < -0.4 is 5.73 Å². The molecule has 4 heteroatoms. The van der Waals surface area contributed by atoms with E-state index in [9.17, 15) is 4.79 Å². The van der Waals surface area contributed by atoms with Gasteiger partial charge in [0.15, 0.2) is 0 Å². The monoisotopic (exact) mass is 275 g/mol. The van der Waals surface area contributed by atoms with Gasteiger partial charge in [0.25, 0.3) is 0 Å². The smallest absolute Gasteiger partial charge is 0.342 e. The Hall–Kier alpha value is -2.00. The predicted molar refractivity (Wildman–Crippen MR) is 76.2 cm³/mol. The van der Waals surface area contributed by atoms with E-state index in [1.807, 2.05) is 31.2 Å². The van der Waals surface area contributed by atoms with Crippen molar-refractivity contribution in [3.05, 3.63) is 64.2 Å². The van der Waals surface area contributed by atoms with Crippen molar-refractivity contribution >= 4 is 23.3 Å². The van der Waals surface area contributed by atoms with E-state index in [-0.39, 0.29) is 12.2 Å². The standard InChI is InChI=1S/C15H14ClNO2/c1-10-5-2-3-6-11(10)9-19-15(18)14-12(16)7-4-8-13(14)17/h2-8H,9,17H2,1H3. The van der Waals surface area contributed by atoms with Crippen LogP contribution in [0.1, 0.15) is 21.5 Å². The van der Waals surface area contributed by atoms with Gasteiger partial charge in [-0.1, -0.05) is 41.9 Å². The van der Waals surface area contributed by atoms with Crippen LogP contribution in [0.15, 0.2) is 42.5 Å². The van der Waals surface area contributed by atoms with E-state index in [1.165, 1.54) is 0 Å². The van der Waals surface area contributed by atoms with Crippen molar-refractivity contribution in [2.45, 2.75) is 13.5 Å². The van der Waals surface area contributed by atoms with Crippen molar-refractivity contribution < 1.29 is 9.53 Å². The highest BCUT2D eigenvalue weighted by molar-refractivity contribution is 6.34. The summed E-state index contributed by atoms with van der Waals surface area (Å²) < 4.78 is 5.25. The quantitative estimate of drug-likeness (QED) is 0.688. The Balaban J connectivity index is 2.13. The zero-order valence-corrected chi connectivity index (χ0v) is 11.3. The maximum absolute atomic E-state index is 12.0. The van der Waals surface area contributed by atoms with E-state index < -0.39 is 5.97 Å². The maximum Gasteiger partial charge on any atom is 0.342 e. The van der Waals surface area contributed by atoms with Gasteiger partial charge < -0.3 is 10.5 Å². The molecule has 0 fully saturated rings. The Morgan fingerprint density at radius 3 is 2.63 bits per heavy atom. The van der Waals surface area contributed by atoms with Gasteiger partial charge in [-0.2, -0.15) is 0 Å². The van der Waals surface area contributed by atoms with Crippen LogP contribution in [0.25, 0.3) is 0 Å². The minimum Gasteiger partial charge on any atom is -0.457 e. The van der Waals surface area contributed by atoms with Crippen molar-refractivity contribution in [2.75, 3.05) is 5.73 Å². The molecule has 2 aromatic carbocycles. The van der Waals surface area contributed by atoms with Gasteiger partial charge >= 0.3 is 5.97 Å². The van der Waals surface area contributed by atoms with Gasteiger partial charge in [-0.15, -0.1) is 0 Å². The Bertz CT molecular complexity index is 591. The molecule has 19 heavy (non-hydrogen) atoms. The number of hydrogen-bond acceptors (Lipinski definition) is 3. The molecule has 2 aromatic rings. The molecule has 0 aliphatic heterocycles. The van der Waals surface area contributed by atoms with Crippen molar-refractivity contribution in [1.29, 1.82) is 0 Å². The highest BCUT2D eigenvalue weighted by Gasteiger charge is 2.15. The third-order valence-corrected chi connectivity index (χ3v) is 3.18. The van der Waals surface area contributed by atoms with Gasteiger partial charge in [0.05, 0.1) is 5.02 Å². The van der Waals surface area contributed by atoms with E-state index in [0.29, 0.717) is 10.7 Å². The molecular formula is C15H14ClNO2. The fraction of sp³-hybridized carbons (Fsp3) is 0.133. The molecule has 0 atom stereocenters. The summed E-state index contributed by atoms with van der Waals surface area (Å²) in [6, 6.07) is 12.6. The lowest BCUT2D eigenvalue weighted by Gasteiger charge is -2.09. The van der Waals surface area contributed by atoms with E-state index in [4.69, 9.17) is 22.1 Å². The average Bonchev–Trinajstić information content (AvgIpc) is 2.37. The molecule has 0 aliphatic carbocycles. The van der Waals surface area contributed by atoms with Gasteiger partial charge in [0.1, 0.15) is 12.2 Å². The summed E-state index contributed by atoms with van der Waals surface area (Å²) in [6.07, 6.45) is 0. The third kappa shape index (κ3) is 3.06. The lowest BCUT2D eigenvalue weighted by molar-refractivity contribution is 0.0473. The van der Waals surface area contributed by atoms with Crippen LogP contribution in [0, 0.1) is 6.92 Å². The summed E-state index contributed by atoms with van der Waals surface area (Å²) in [5.74, 6) is -0.508. The topological polar surface area (TPSA) is 52.3 Å². The fourth-order valence-electron chi connectivity index (χ4n) is 1.74. The molecule has 0 bridgehead atoms. The number of hydrogen-bond donors (Lipinski definition) is 1. The van der Waals surface area contributed by atoms with Gasteiger partial charge in [0.2, 0.25) is 0 Å². The van der Waals surface area contributed by atoms with E-state index in [0.717, 1.165) is 11.1 Å². The van der Waals surface area contributed by atoms with Gasteiger partial charge in [-0.25, -0.2) is 4.79 Å². The molecule has 0 unspecified atom stereocenters. The van der Waals surface area contributed by atoms with Crippen LogP contribution in [0.3, 0.4) is 0 Å². The zero-order valence-electron chi connectivity index (χ0n) is 10.5. The molecule has 0 amide bonds. The lowest BCUT2D eigenvalue weighted by atomic mass is 10.1. The second kappa shape index (κ2) is 5.76. The van der Waals surface area contributed by atoms with E-state index >= 15 is 0 Å². The van der Waals surface area contributed by atoms with Crippen molar-refractivity contribution in [3.63, 3.8) is 0 Å².